The molecule has 3 rings (SSSR count). The van der Waals surface area contributed by atoms with E-state index in [1.165, 1.54) is 6.33 Å². The predicted octanol–water partition coefficient (Wildman–Crippen LogP) is 0.880. The lowest BCUT2D eigenvalue weighted by Gasteiger charge is -2.55. The molecule has 2 heterocycles. The molecule has 2 N–H and O–H groups in total. The molecule has 0 atom stereocenters. The summed E-state index contributed by atoms with van der Waals surface area (Å²) in [6, 6.07) is 0. The average molecular weight is 381 g/mol. The van der Waals surface area contributed by atoms with Crippen LogP contribution in [0.5, 0.6) is 0 Å². The highest BCUT2D eigenvalue weighted by Gasteiger charge is 2.54. The number of hydrogen-bond acceptors (Lipinski definition) is 8. The Kier molecular flexibility index (Phi) is 4.63. The number of ether oxygens (including phenoxy) is 1. The van der Waals surface area contributed by atoms with Crippen molar-refractivity contribution in [1.29, 1.82) is 0 Å². The van der Waals surface area contributed by atoms with Crippen LogP contribution in [0.4, 0.5) is 5.82 Å². The SMILES string of the molecule is CC(C)C(OC1(Cn2cnc3c(N)ncnc32)CC1)(C(C)C)P(=O)([O-])[O-]. The summed E-state index contributed by atoms with van der Waals surface area (Å²) in [4.78, 5) is 36.7. The minimum atomic E-state index is -5.01. The Bertz CT molecular complexity index is 847. The summed E-state index contributed by atoms with van der Waals surface area (Å²) in [5, 5.41) is -1.76. The molecule has 0 aromatic carbocycles. The van der Waals surface area contributed by atoms with E-state index in [0.717, 1.165) is 0 Å². The first-order chi connectivity index (χ1) is 12.0. The molecule has 144 valence electrons. The van der Waals surface area contributed by atoms with Gasteiger partial charge in [-0.15, -0.1) is 0 Å². The lowest BCUT2D eigenvalue weighted by Crippen LogP contribution is -2.53. The third kappa shape index (κ3) is 3.03. The molecule has 0 radical (unpaired) electrons. The zero-order valence-corrected chi connectivity index (χ0v) is 16.3. The van der Waals surface area contributed by atoms with Crippen molar-refractivity contribution in [3.8, 4) is 0 Å². The monoisotopic (exact) mass is 381 g/mol. The quantitative estimate of drug-likeness (QED) is 0.696. The molecule has 10 heteroatoms. The van der Waals surface area contributed by atoms with Crippen LogP contribution in [0, 0.1) is 11.8 Å². The summed E-state index contributed by atoms with van der Waals surface area (Å²) in [6.45, 7) is 7.18. The molecule has 0 bridgehead atoms. The average Bonchev–Trinajstić information content (AvgIpc) is 3.15. The van der Waals surface area contributed by atoms with Crippen LogP contribution in [-0.4, -0.2) is 30.5 Å². The number of nitrogens with two attached hydrogens (primary N) is 1. The second kappa shape index (κ2) is 6.27. The topological polar surface area (TPSA) is 142 Å². The summed E-state index contributed by atoms with van der Waals surface area (Å²) in [7, 11) is -5.01. The van der Waals surface area contributed by atoms with Gasteiger partial charge in [0.2, 0.25) is 0 Å². The zero-order chi connectivity index (χ0) is 19.3. The van der Waals surface area contributed by atoms with Gasteiger partial charge >= 0.3 is 0 Å². The Morgan fingerprint density at radius 1 is 1.27 bits per heavy atom. The smallest absolute Gasteiger partial charge is 0.165 e. The third-order valence-electron chi connectivity index (χ3n) is 5.16. The summed E-state index contributed by atoms with van der Waals surface area (Å²) < 4.78 is 20.1. The fourth-order valence-electron chi connectivity index (χ4n) is 3.69. The van der Waals surface area contributed by atoms with Crippen molar-refractivity contribution in [3.05, 3.63) is 12.7 Å². The van der Waals surface area contributed by atoms with Crippen molar-refractivity contribution in [2.45, 2.75) is 58.0 Å². The molecule has 0 amide bonds. The summed E-state index contributed by atoms with van der Waals surface area (Å²) >= 11 is 0. The number of nitrogen functional groups attached to an aromatic ring is 1. The van der Waals surface area contributed by atoms with Gasteiger partial charge < -0.3 is 29.4 Å². The van der Waals surface area contributed by atoms with Crippen LogP contribution < -0.4 is 15.5 Å². The van der Waals surface area contributed by atoms with Crippen LogP contribution in [0.15, 0.2) is 12.7 Å². The highest BCUT2D eigenvalue weighted by atomic mass is 31.2. The van der Waals surface area contributed by atoms with E-state index in [0.29, 0.717) is 30.6 Å². The van der Waals surface area contributed by atoms with Gasteiger partial charge in [0.1, 0.15) is 11.8 Å². The number of nitrogens with zero attached hydrogens (tertiary/aromatic N) is 4. The van der Waals surface area contributed by atoms with Gasteiger partial charge in [-0.25, -0.2) is 15.0 Å². The maximum atomic E-state index is 12.2. The normalized spacial score (nSPS) is 17.4. The maximum Gasteiger partial charge on any atom is 0.165 e. The molecular weight excluding hydrogens is 357 g/mol. The van der Waals surface area contributed by atoms with E-state index < -0.39 is 30.4 Å². The first-order valence-electron chi connectivity index (χ1n) is 8.66. The first kappa shape index (κ1) is 19.2. The molecular formula is C16H24N5O4P-2. The van der Waals surface area contributed by atoms with Crippen LogP contribution in [0.1, 0.15) is 40.5 Å². The van der Waals surface area contributed by atoms with Crippen molar-refractivity contribution in [1.82, 2.24) is 19.5 Å². The van der Waals surface area contributed by atoms with Gasteiger partial charge in [0.25, 0.3) is 0 Å². The van der Waals surface area contributed by atoms with Crippen molar-refractivity contribution in [2.75, 3.05) is 5.73 Å². The van der Waals surface area contributed by atoms with E-state index in [9.17, 15) is 14.4 Å². The lowest BCUT2D eigenvalue weighted by atomic mass is 9.94. The highest BCUT2D eigenvalue weighted by Crippen LogP contribution is 2.59. The Balaban J connectivity index is 1.95. The number of anilines is 1. The van der Waals surface area contributed by atoms with Crippen molar-refractivity contribution < 1.29 is 19.1 Å². The van der Waals surface area contributed by atoms with Crippen LogP contribution in [0.3, 0.4) is 0 Å². The van der Waals surface area contributed by atoms with E-state index in [-0.39, 0.29) is 5.82 Å². The third-order valence-corrected chi connectivity index (χ3v) is 7.14. The Morgan fingerprint density at radius 2 is 1.88 bits per heavy atom. The van der Waals surface area contributed by atoms with Crippen LogP contribution in [0.25, 0.3) is 11.2 Å². The van der Waals surface area contributed by atoms with Gasteiger partial charge in [0.05, 0.1) is 23.8 Å². The number of hydrogen-bond donors (Lipinski definition) is 1. The van der Waals surface area contributed by atoms with Crippen molar-refractivity contribution >= 4 is 24.6 Å². The molecule has 0 saturated heterocycles. The van der Waals surface area contributed by atoms with Crippen LogP contribution in [0.2, 0.25) is 0 Å². The number of aromatic nitrogens is 4. The van der Waals surface area contributed by atoms with Crippen molar-refractivity contribution in [3.63, 3.8) is 0 Å². The van der Waals surface area contributed by atoms with Gasteiger partial charge in [-0.2, -0.15) is 0 Å². The molecule has 1 aliphatic carbocycles. The molecule has 9 nitrogen and oxygen atoms in total. The van der Waals surface area contributed by atoms with Gasteiger partial charge in [-0.1, -0.05) is 27.7 Å². The van der Waals surface area contributed by atoms with E-state index in [2.05, 4.69) is 15.0 Å². The summed E-state index contributed by atoms with van der Waals surface area (Å²) in [6.07, 6.45) is 4.26. The van der Waals surface area contributed by atoms with Crippen molar-refractivity contribution in [2.24, 2.45) is 11.8 Å². The van der Waals surface area contributed by atoms with Crippen LogP contribution in [-0.2, 0) is 15.8 Å². The number of fused-ring (bicyclic) bond motifs is 1. The maximum absolute atomic E-state index is 12.2. The standard InChI is InChI=1S/C16H26N5O4P/c1-10(2)16(11(3)4,26(22,23)24)25-15(5-6-15)7-21-9-20-12-13(17)18-8-19-14(12)21/h8-11H,5-7H2,1-4H3,(H2,17,18,19)(H2,22,23,24)/p-2. The highest BCUT2D eigenvalue weighted by molar-refractivity contribution is 7.50. The molecule has 26 heavy (non-hydrogen) atoms. The van der Waals surface area contributed by atoms with E-state index in [1.807, 2.05) is 0 Å². The second-order valence-corrected chi connectivity index (χ2v) is 9.34. The largest absolute Gasteiger partial charge is 0.809 e. The van der Waals surface area contributed by atoms with Crippen LogP contribution >= 0.6 is 7.60 Å². The zero-order valence-electron chi connectivity index (χ0n) is 15.4. The van der Waals surface area contributed by atoms with Gasteiger partial charge in [-0.3, -0.25) is 0 Å². The Morgan fingerprint density at radius 3 is 2.38 bits per heavy atom. The summed E-state index contributed by atoms with van der Waals surface area (Å²) in [5.74, 6) is -0.668. The molecule has 0 aliphatic heterocycles. The van der Waals surface area contributed by atoms with Gasteiger partial charge in [0, 0.05) is 0 Å². The van der Waals surface area contributed by atoms with E-state index in [4.69, 9.17) is 10.5 Å². The molecule has 0 spiro atoms. The van der Waals surface area contributed by atoms with Gasteiger partial charge in [0.15, 0.2) is 11.5 Å². The van der Waals surface area contributed by atoms with E-state index >= 15 is 0 Å². The second-order valence-electron chi connectivity index (χ2n) is 7.65. The summed E-state index contributed by atoms with van der Waals surface area (Å²) in [5.41, 5.74) is 6.12. The molecule has 1 aliphatic rings. The Hall–Kier alpha value is -1.54. The van der Waals surface area contributed by atoms with E-state index in [1.54, 1.807) is 38.6 Å². The molecule has 2 aromatic heterocycles. The van der Waals surface area contributed by atoms with Gasteiger partial charge in [-0.05, 0) is 32.3 Å². The Labute approximate surface area is 152 Å². The minimum Gasteiger partial charge on any atom is -0.809 e. The molecule has 1 fully saturated rings. The number of rotatable bonds is 7. The molecule has 0 unspecified atom stereocenters. The molecule has 2 aromatic rings. The minimum absolute atomic E-state index is 0.279. The fourth-order valence-corrected chi connectivity index (χ4v) is 5.26. The first-order valence-corrected chi connectivity index (χ1v) is 10.2. The fraction of sp³-hybridized carbons (Fsp3) is 0.688. The predicted molar refractivity (Wildman–Crippen MR) is 92.8 cm³/mol. The molecule has 1 saturated carbocycles. The lowest BCUT2D eigenvalue weighted by molar-refractivity contribution is -0.341. The number of imidazole rings is 1.